The SMILES string of the molecule is CCC(CF)Nc1nc(C(OC)OC)c(CN2CCN(C)CC2)cc1C. The Morgan fingerprint density at radius 2 is 1.88 bits per heavy atom. The molecule has 1 aliphatic heterocycles. The molecule has 1 atom stereocenters. The predicted octanol–water partition coefficient (Wildman–Crippen LogP) is 2.59. The first-order valence-electron chi connectivity index (χ1n) is 9.31. The van der Waals surface area contributed by atoms with Gasteiger partial charge in [0.05, 0.1) is 6.04 Å². The number of halogens is 1. The predicted molar refractivity (Wildman–Crippen MR) is 102 cm³/mol. The normalized spacial score (nSPS) is 17.7. The maximum atomic E-state index is 13.1. The molecule has 1 aromatic rings. The molecule has 0 radical (unpaired) electrons. The largest absolute Gasteiger partial charge is 0.364 e. The van der Waals surface area contributed by atoms with Crippen LogP contribution in [-0.2, 0) is 16.0 Å². The molecule has 0 aromatic carbocycles. The van der Waals surface area contributed by atoms with E-state index in [0.717, 1.165) is 49.5 Å². The Bertz CT molecular complexity index is 557. The first kappa shape index (κ1) is 21.0. The molecule has 1 aliphatic rings. The highest BCUT2D eigenvalue weighted by atomic mass is 19.1. The molecule has 148 valence electrons. The highest BCUT2D eigenvalue weighted by molar-refractivity contribution is 5.48. The first-order valence-corrected chi connectivity index (χ1v) is 9.31. The van der Waals surface area contributed by atoms with E-state index in [1.807, 2.05) is 13.8 Å². The number of hydrogen-bond acceptors (Lipinski definition) is 6. The van der Waals surface area contributed by atoms with Crippen molar-refractivity contribution in [2.75, 3.05) is 59.4 Å². The Kier molecular flexibility index (Phi) is 8.21. The summed E-state index contributed by atoms with van der Waals surface area (Å²) in [7, 11) is 5.37. The molecule has 6 nitrogen and oxygen atoms in total. The fraction of sp³-hybridized carbons (Fsp3) is 0.737. The highest BCUT2D eigenvalue weighted by Gasteiger charge is 2.22. The average Bonchev–Trinajstić information content (AvgIpc) is 2.65. The number of aryl methyl sites for hydroxylation is 1. The number of nitrogens with one attached hydrogen (secondary N) is 1. The quantitative estimate of drug-likeness (QED) is 0.676. The monoisotopic (exact) mass is 368 g/mol. The van der Waals surface area contributed by atoms with Crippen molar-refractivity contribution in [3.05, 3.63) is 22.9 Å². The highest BCUT2D eigenvalue weighted by Crippen LogP contribution is 2.26. The van der Waals surface area contributed by atoms with Gasteiger partial charge in [-0.15, -0.1) is 0 Å². The topological polar surface area (TPSA) is 49.9 Å². The first-order chi connectivity index (χ1) is 12.5. The third kappa shape index (κ3) is 5.36. The standard InChI is InChI=1S/C19H33FN4O2/c1-6-16(12-20)21-18-14(2)11-15(17(22-18)19(25-4)26-5)13-24-9-7-23(3)8-10-24/h11,16,19H,6-10,12-13H2,1-5H3,(H,21,22). The van der Waals surface area contributed by atoms with Gasteiger partial charge in [0.25, 0.3) is 0 Å². The number of methoxy groups -OCH3 is 2. The van der Waals surface area contributed by atoms with E-state index in [0.29, 0.717) is 12.2 Å². The summed E-state index contributed by atoms with van der Waals surface area (Å²) in [6, 6.07) is 1.89. The van der Waals surface area contributed by atoms with Gasteiger partial charge in [-0.3, -0.25) is 4.90 Å². The smallest absolute Gasteiger partial charge is 0.200 e. The van der Waals surface area contributed by atoms with Crippen LogP contribution in [0.5, 0.6) is 0 Å². The number of aromatic nitrogens is 1. The van der Waals surface area contributed by atoms with Gasteiger partial charge in [-0.1, -0.05) is 6.92 Å². The summed E-state index contributed by atoms with van der Waals surface area (Å²) >= 11 is 0. The van der Waals surface area contributed by atoms with Gasteiger partial charge in [0.15, 0.2) is 0 Å². The zero-order valence-corrected chi connectivity index (χ0v) is 16.7. The Morgan fingerprint density at radius 1 is 1.23 bits per heavy atom. The summed E-state index contributed by atoms with van der Waals surface area (Å²) in [5.41, 5.74) is 2.87. The fourth-order valence-corrected chi connectivity index (χ4v) is 3.17. The molecule has 0 spiro atoms. The molecular weight excluding hydrogens is 335 g/mol. The molecular formula is C19H33FN4O2. The van der Waals surface area contributed by atoms with Crippen LogP contribution in [-0.4, -0.2) is 74.9 Å². The van der Waals surface area contributed by atoms with Crippen LogP contribution in [0.3, 0.4) is 0 Å². The van der Waals surface area contributed by atoms with E-state index in [1.54, 1.807) is 14.2 Å². The molecule has 0 amide bonds. The third-order valence-corrected chi connectivity index (χ3v) is 4.99. The Labute approximate surface area is 156 Å². The van der Waals surface area contributed by atoms with Crippen molar-refractivity contribution in [2.24, 2.45) is 0 Å². The number of rotatable bonds is 9. The molecule has 1 unspecified atom stereocenters. The average molecular weight is 368 g/mol. The zero-order valence-electron chi connectivity index (χ0n) is 16.7. The maximum Gasteiger partial charge on any atom is 0.200 e. The van der Waals surface area contributed by atoms with Crippen molar-refractivity contribution in [1.29, 1.82) is 0 Å². The second-order valence-electron chi connectivity index (χ2n) is 6.98. The summed E-state index contributed by atoms with van der Waals surface area (Å²) in [6.07, 6.45) is 0.164. The minimum absolute atomic E-state index is 0.235. The van der Waals surface area contributed by atoms with Crippen LogP contribution in [0.25, 0.3) is 0 Å². The van der Waals surface area contributed by atoms with Gasteiger partial charge < -0.3 is 19.7 Å². The van der Waals surface area contributed by atoms with Crippen LogP contribution in [0, 0.1) is 6.92 Å². The number of pyridine rings is 1. The summed E-state index contributed by atoms with van der Waals surface area (Å²) in [4.78, 5) is 9.52. The Hall–Kier alpha value is -1.28. The molecule has 1 fully saturated rings. The number of likely N-dealkylation sites (N-methyl/N-ethyl adjacent to an activating group) is 1. The Morgan fingerprint density at radius 3 is 2.42 bits per heavy atom. The van der Waals surface area contributed by atoms with E-state index in [-0.39, 0.29) is 6.04 Å². The summed E-state index contributed by atoms with van der Waals surface area (Å²) < 4.78 is 24.1. The van der Waals surface area contributed by atoms with Gasteiger partial charge >= 0.3 is 0 Å². The lowest BCUT2D eigenvalue weighted by Gasteiger charge is -2.33. The maximum absolute atomic E-state index is 13.1. The number of anilines is 1. The van der Waals surface area contributed by atoms with Gasteiger partial charge in [-0.25, -0.2) is 9.37 Å². The third-order valence-electron chi connectivity index (χ3n) is 4.99. The lowest BCUT2D eigenvalue weighted by molar-refractivity contribution is -0.109. The van der Waals surface area contributed by atoms with Crippen LogP contribution < -0.4 is 5.32 Å². The summed E-state index contributed by atoms with van der Waals surface area (Å²) in [5, 5.41) is 3.21. The van der Waals surface area contributed by atoms with Crippen LogP contribution in [0.2, 0.25) is 0 Å². The van der Waals surface area contributed by atoms with E-state index in [9.17, 15) is 4.39 Å². The van der Waals surface area contributed by atoms with Crippen molar-refractivity contribution in [3.8, 4) is 0 Å². The fourth-order valence-electron chi connectivity index (χ4n) is 3.17. The van der Waals surface area contributed by atoms with Crippen molar-refractivity contribution in [3.63, 3.8) is 0 Å². The van der Waals surface area contributed by atoms with Crippen LogP contribution in [0.15, 0.2) is 6.07 Å². The lowest BCUT2D eigenvalue weighted by Crippen LogP contribution is -2.44. The second-order valence-corrected chi connectivity index (χ2v) is 6.98. The van der Waals surface area contributed by atoms with Gasteiger partial charge in [0.2, 0.25) is 6.29 Å². The molecule has 1 aromatic heterocycles. The van der Waals surface area contributed by atoms with Crippen LogP contribution >= 0.6 is 0 Å². The van der Waals surface area contributed by atoms with Crippen molar-refractivity contribution >= 4 is 5.82 Å². The minimum atomic E-state index is -0.538. The molecule has 0 aliphatic carbocycles. The number of ether oxygens (including phenoxy) is 2. The summed E-state index contributed by atoms with van der Waals surface area (Å²) in [6.45, 7) is 8.53. The molecule has 1 saturated heterocycles. The number of alkyl halides is 1. The van der Waals surface area contributed by atoms with Crippen LogP contribution in [0.1, 0.15) is 36.5 Å². The molecule has 26 heavy (non-hydrogen) atoms. The Balaban J connectivity index is 2.28. The molecule has 2 heterocycles. The minimum Gasteiger partial charge on any atom is -0.364 e. The van der Waals surface area contributed by atoms with Crippen molar-refractivity contribution < 1.29 is 13.9 Å². The van der Waals surface area contributed by atoms with E-state index < -0.39 is 13.0 Å². The molecule has 0 bridgehead atoms. The van der Waals surface area contributed by atoms with Crippen molar-refractivity contribution in [2.45, 2.75) is 39.1 Å². The van der Waals surface area contributed by atoms with Crippen LogP contribution in [0.4, 0.5) is 10.2 Å². The van der Waals surface area contributed by atoms with E-state index >= 15 is 0 Å². The molecule has 0 saturated carbocycles. The van der Waals surface area contributed by atoms with Gasteiger partial charge in [-0.2, -0.15) is 0 Å². The second kappa shape index (κ2) is 10.2. The zero-order chi connectivity index (χ0) is 19.1. The van der Waals surface area contributed by atoms with Gasteiger partial charge in [-0.05, 0) is 37.6 Å². The summed E-state index contributed by atoms with van der Waals surface area (Å²) in [5.74, 6) is 0.700. The van der Waals surface area contributed by atoms with E-state index in [4.69, 9.17) is 14.5 Å². The lowest BCUT2D eigenvalue weighted by atomic mass is 10.1. The number of piperazine rings is 1. The van der Waals surface area contributed by atoms with E-state index in [1.165, 1.54) is 0 Å². The van der Waals surface area contributed by atoms with Gasteiger partial charge in [0, 0.05) is 46.9 Å². The van der Waals surface area contributed by atoms with E-state index in [2.05, 4.69) is 28.2 Å². The van der Waals surface area contributed by atoms with Crippen molar-refractivity contribution in [1.82, 2.24) is 14.8 Å². The van der Waals surface area contributed by atoms with Gasteiger partial charge in [0.1, 0.15) is 18.2 Å². The number of nitrogens with zero attached hydrogens (tertiary/aromatic N) is 3. The molecule has 7 heteroatoms. The molecule has 2 rings (SSSR count). The number of hydrogen-bond donors (Lipinski definition) is 1. The molecule has 1 N–H and O–H groups in total.